The Morgan fingerprint density at radius 1 is 1.04 bits per heavy atom. The van der Waals surface area contributed by atoms with Gasteiger partial charge in [-0.25, -0.2) is 0 Å². The van der Waals surface area contributed by atoms with Gasteiger partial charge in [-0.3, -0.25) is 0 Å². The highest BCUT2D eigenvalue weighted by molar-refractivity contribution is 6.06. The lowest BCUT2D eigenvalue weighted by atomic mass is 10.0. The smallest absolute Gasteiger partial charge is 0.168 e. The van der Waals surface area contributed by atoms with Crippen molar-refractivity contribution in [2.45, 2.75) is 25.6 Å². The van der Waals surface area contributed by atoms with E-state index < -0.39 is 11.7 Å². The number of methoxy groups -OCH3 is 2. The van der Waals surface area contributed by atoms with E-state index in [0.717, 1.165) is 16.2 Å². The van der Waals surface area contributed by atoms with E-state index in [4.69, 9.17) is 18.6 Å². The number of ether oxygens (including phenoxy) is 3. The molecule has 6 nitrogen and oxygen atoms in total. The second-order valence-corrected chi connectivity index (χ2v) is 6.41. The molecule has 0 saturated heterocycles. The van der Waals surface area contributed by atoms with Crippen LogP contribution >= 0.6 is 0 Å². The molecule has 2 N–H and O–H groups in total. The maximum absolute atomic E-state index is 9.97. The molecule has 0 aliphatic rings. The number of fused-ring (bicyclic) bond motifs is 2. The quantitative estimate of drug-likeness (QED) is 0.714. The Kier molecular flexibility index (Phi) is 4.49. The number of hydrogen-bond donors (Lipinski definition) is 2. The summed E-state index contributed by atoms with van der Waals surface area (Å²) in [4.78, 5) is 0. The normalized spacial score (nSPS) is 13.2. The van der Waals surface area contributed by atoms with Crippen LogP contribution in [0.15, 0.2) is 34.9 Å². The van der Waals surface area contributed by atoms with E-state index in [1.807, 2.05) is 18.2 Å². The van der Waals surface area contributed by atoms with Crippen LogP contribution in [0.25, 0.3) is 21.7 Å². The molecule has 3 rings (SSSR count). The molecular formula is C19H22O6. The van der Waals surface area contributed by atoms with Crippen LogP contribution in [0.1, 0.15) is 13.8 Å². The zero-order valence-electron chi connectivity index (χ0n) is 14.7. The summed E-state index contributed by atoms with van der Waals surface area (Å²) < 4.78 is 22.3. The molecule has 25 heavy (non-hydrogen) atoms. The number of hydrogen-bond acceptors (Lipinski definition) is 6. The molecule has 134 valence electrons. The third-order valence-electron chi connectivity index (χ3n) is 4.24. The van der Waals surface area contributed by atoms with E-state index in [0.29, 0.717) is 22.8 Å². The van der Waals surface area contributed by atoms with Crippen LogP contribution in [-0.2, 0) is 0 Å². The van der Waals surface area contributed by atoms with Gasteiger partial charge in [0.15, 0.2) is 11.5 Å². The van der Waals surface area contributed by atoms with Crippen molar-refractivity contribution in [2.24, 2.45) is 0 Å². The Hall–Kier alpha value is -2.44. The first kappa shape index (κ1) is 17.4. The van der Waals surface area contributed by atoms with Crippen LogP contribution in [-0.4, -0.2) is 42.7 Å². The van der Waals surface area contributed by atoms with Crippen LogP contribution in [0, 0.1) is 0 Å². The molecule has 0 saturated carbocycles. The third-order valence-corrected chi connectivity index (χ3v) is 4.24. The van der Waals surface area contributed by atoms with E-state index in [1.54, 1.807) is 26.5 Å². The molecule has 0 aliphatic heterocycles. The average molecular weight is 346 g/mol. The third kappa shape index (κ3) is 3.10. The van der Waals surface area contributed by atoms with Gasteiger partial charge in [0, 0.05) is 10.8 Å². The van der Waals surface area contributed by atoms with Crippen molar-refractivity contribution in [3.63, 3.8) is 0 Å². The standard InChI is InChI=1S/C19H22O6/c1-19(2,21)16(20)10-25-14-6-5-11-13(18(14)23-4)9-15-12(7-8-24-15)17(11)22-3/h5-9,16,20-21H,10H2,1-4H3/t16-/m0/s1. The lowest BCUT2D eigenvalue weighted by Gasteiger charge is -2.25. The number of furan rings is 1. The van der Waals surface area contributed by atoms with E-state index in [2.05, 4.69) is 0 Å². The summed E-state index contributed by atoms with van der Waals surface area (Å²) in [6.07, 6.45) is 0.574. The first-order valence-electron chi connectivity index (χ1n) is 7.95. The Bertz CT molecular complexity index is 890. The second-order valence-electron chi connectivity index (χ2n) is 6.41. The Morgan fingerprint density at radius 3 is 2.40 bits per heavy atom. The molecule has 0 amide bonds. The minimum atomic E-state index is -1.26. The van der Waals surface area contributed by atoms with Crippen LogP contribution in [0.3, 0.4) is 0 Å². The van der Waals surface area contributed by atoms with Gasteiger partial charge in [-0.15, -0.1) is 0 Å². The molecule has 2 aromatic carbocycles. The van der Waals surface area contributed by atoms with E-state index >= 15 is 0 Å². The molecule has 1 heterocycles. The van der Waals surface area contributed by atoms with E-state index in [-0.39, 0.29) is 6.61 Å². The summed E-state index contributed by atoms with van der Waals surface area (Å²) >= 11 is 0. The SMILES string of the molecule is COc1c(OC[C@H](O)C(C)(C)O)ccc2c(OC)c3ccoc3cc12. The predicted molar refractivity (Wildman–Crippen MR) is 94.6 cm³/mol. The lowest BCUT2D eigenvalue weighted by molar-refractivity contribution is -0.0663. The van der Waals surface area contributed by atoms with Gasteiger partial charge in [0.05, 0.1) is 31.5 Å². The van der Waals surface area contributed by atoms with Gasteiger partial charge >= 0.3 is 0 Å². The van der Waals surface area contributed by atoms with Crippen molar-refractivity contribution in [3.8, 4) is 17.2 Å². The Morgan fingerprint density at radius 2 is 1.76 bits per heavy atom. The fourth-order valence-corrected chi connectivity index (χ4v) is 2.73. The van der Waals surface area contributed by atoms with E-state index in [9.17, 15) is 10.2 Å². The highest BCUT2D eigenvalue weighted by Gasteiger charge is 2.26. The van der Waals surface area contributed by atoms with Crippen LogP contribution in [0.5, 0.6) is 17.2 Å². The van der Waals surface area contributed by atoms with Crippen molar-refractivity contribution >= 4 is 21.7 Å². The zero-order chi connectivity index (χ0) is 18.2. The van der Waals surface area contributed by atoms with Crippen LogP contribution in [0.4, 0.5) is 0 Å². The van der Waals surface area contributed by atoms with Gasteiger partial charge < -0.3 is 28.8 Å². The van der Waals surface area contributed by atoms with Crippen LogP contribution in [0.2, 0.25) is 0 Å². The monoisotopic (exact) mass is 346 g/mol. The molecule has 0 spiro atoms. The van der Waals surface area contributed by atoms with Crippen LogP contribution < -0.4 is 14.2 Å². The number of rotatable bonds is 6. The molecule has 6 heteroatoms. The van der Waals surface area contributed by atoms with E-state index in [1.165, 1.54) is 13.8 Å². The molecule has 3 aromatic rings. The number of benzene rings is 2. The molecule has 0 unspecified atom stereocenters. The topological polar surface area (TPSA) is 81.3 Å². The first-order valence-corrected chi connectivity index (χ1v) is 7.95. The first-order chi connectivity index (χ1) is 11.9. The van der Waals surface area contributed by atoms with Gasteiger partial charge in [-0.2, -0.15) is 0 Å². The minimum Gasteiger partial charge on any atom is -0.495 e. The number of aliphatic hydroxyl groups excluding tert-OH is 1. The molecule has 0 fully saturated rings. The van der Waals surface area contributed by atoms with Crippen molar-refractivity contribution in [1.29, 1.82) is 0 Å². The van der Waals surface area contributed by atoms with Gasteiger partial charge in [-0.1, -0.05) is 0 Å². The summed E-state index contributed by atoms with van der Waals surface area (Å²) in [7, 11) is 3.16. The Labute approximate surface area is 145 Å². The summed E-state index contributed by atoms with van der Waals surface area (Å²) in [5.74, 6) is 1.67. The predicted octanol–water partition coefficient (Wildman–Crippen LogP) is 3.11. The molecule has 1 atom stereocenters. The average Bonchev–Trinajstić information content (AvgIpc) is 3.04. The fraction of sp³-hybridized carbons (Fsp3) is 0.368. The van der Waals surface area contributed by atoms with Crippen molar-refractivity contribution in [3.05, 3.63) is 30.5 Å². The van der Waals surface area contributed by atoms with Crippen molar-refractivity contribution < 1.29 is 28.8 Å². The summed E-state index contributed by atoms with van der Waals surface area (Å²) in [5.41, 5.74) is -0.579. The summed E-state index contributed by atoms with van der Waals surface area (Å²) in [6, 6.07) is 7.34. The maximum Gasteiger partial charge on any atom is 0.168 e. The highest BCUT2D eigenvalue weighted by atomic mass is 16.5. The summed E-state index contributed by atoms with van der Waals surface area (Å²) in [5, 5.41) is 22.3. The Balaban J connectivity index is 2.08. The van der Waals surface area contributed by atoms with Gasteiger partial charge in [0.2, 0.25) is 0 Å². The van der Waals surface area contributed by atoms with Gasteiger partial charge in [0.25, 0.3) is 0 Å². The minimum absolute atomic E-state index is 0.0640. The second kappa shape index (κ2) is 6.46. The molecule has 1 aromatic heterocycles. The zero-order valence-corrected chi connectivity index (χ0v) is 14.7. The van der Waals surface area contributed by atoms with Crippen molar-refractivity contribution in [1.82, 2.24) is 0 Å². The molecule has 0 bridgehead atoms. The number of aliphatic hydroxyl groups is 2. The molecular weight excluding hydrogens is 324 g/mol. The molecule has 0 radical (unpaired) electrons. The van der Waals surface area contributed by atoms with Crippen molar-refractivity contribution in [2.75, 3.05) is 20.8 Å². The molecule has 0 aliphatic carbocycles. The lowest BCUT2D eigenvalue weighted by Crippen LogP contribution is -2.40. The maximum atomic E-state index is 9.97. The fourth-order valence-electron chi connectivity index (χ4n) is 2.73. The highest BCUT2D eigenvalue weighted by Crippen LogP contribution is 2.43. The summed E-state index contributed by atoms with van der Waals surface area (Å²) in [6.45, 7) is 2.99. The van der Waals surface area contributed by atoms with Gasteiger partial charge in [0.1, 0.15) is 24.0 Å². The van der Waals surface area contributed by atoms with Gasteiger partial charge in [-0.05, 0) is 38.1 Å². The largest absolute Gasteiger partial charge is 0.495 e.